The van der Waals surface area contributed by atoms with E-state index in [1.165, 1.54) is 19.3 Å². The Hall–Kier alpha value is -2.11. The Morgan fingerprint density at radius 2 is 1.80 bits per heavy atom. The second-order valence-corrected chi connectivity index (χ2v) is 6.68. The second kappa shape index (κ2) is 11.4. The van der Waals surface area contributed by atoms with E-state index in [1.54, 1.807) is 6.20 Å². The molecular formula is C19H30N4O2. The molecule has 0 aliphatic heterocycles. The Bertz CT molecular complexity index is 515. The van der Waals surface area contributed by atoms with Crippen molar-refractivity contribution in [3.05, 3.63) is 24.4 Å². The molecule has 1 aliphatic carbocycles. The molecule has 0 unspecified atom stereocenters. The predicted octanol–water partition coefficient (Wildman–Crippen LogP) is 2.48. The molecular weight excluding hydrogens is 316 g/mol. The molecule has 6 heteroatoms. The van der Waals surface area contributed by atoms with Gasteiger partial charge >= 0.3 is 0 Å². The van der Waals surface area contributed by atoms with Gasteiger partial charge in [0, 0.05) is 25.7 Å². The van der Waals surface area contributed by atoms with Gasteiger partial charge in [0.05, 0.1) is 6.54 Å². The van der Waals surface area contributed by atoms with Gasteiger partial charge in [-0.25, -0.2) is 4.98 Å². The number of hydrogen-bond acceptors (Lipinski definition) is 4. The SMILES string of the molecule is O=C(CNC(=O)CC1CCCCC1)NCCCCNc1ccccn1. The number of aromatic nitrogens is 1. The maximum absolute atomic E-state index is 11.9. The Kier molecular flexibility index (Phi) is 8.80. The van der Waals surface area contributed by atoms with Gasteiger partial charge in [0.25, 0.3) is 0 Å². The van der Waals surface area contributed by atoms with Gasteiger partial charge < -0.3 is 16.0 Å². The van der Waals surface area contributed by atoms with Crippen LogP contribution in [0.2, 0.25) is 0 Å². The third-order valence-corrected chi connectivity index (χ3v) is 4.54. The number of nitrogens with zero attached hydrogens (tertiary/aromatic N) is 1. The van der Waals surface area contributed by atoms with Crippen LogP contribution >= 0.6 is 0 Å². The molecule has 2 amide bonds. The lowest BCUT2D eigenvalue weighted by Gasteiger charge is -2.20. The van der Waals surface area contributed by atoms with Crippen molar-refractivity contribution < 1.29 is 9.59 Å². The minimum absolute atomic E-state index is 0.00149. The van der Waals surface area contributed by atoms with E-state index >= 15 is 0 Å². The highest BCUT2D eigenvalue weighted by molar-refractivity contribution is 5.84. The largest absolute Gasteiger partial charge is 0.370 e. The van der Waals surface area contributed by atoms with Gasteiger partial charge in [0.1, 0.15) is 5.82 Å². The van der Waals surface area contributed by atoms with E-state index < -0.39 is 0 Å². The van der Waals surface area contributed by atoms with Gasteiger partial charge in [-0.2, -0.15) is 0 Å². The maximum Gasteiger partial charge on any atom is 0.239 e. The summed E-state index contributed by atoms with van der Waals surface area (Å²) in [6, 6.07) is 5.75. The molecule has 0 bridgehead atoms. The lowest BCUT2D eigenvalue weighted by molar-refractivity contribution is -0.126. The fourth-order valence-electron chi connectivity index (χ4n) is 3.13. The lowest BCUT2D eigenvalue weighted by atomic mass is 9.87. The van der Waals surface area contributed by atoms with Gasteiger partial charge in [-0.1, -0.05) is 25.3 Å². The fraction of sp³-hybridized carbons (Fsp3) is 0.632. The van der Waals surface area contributed by atoms with Crippen LogP contribution in [0.5, 0.6) is 0 Å². The van der Waals surface area contributed by atoms with Crippen LogP contribution in [0, 0.1) is 5.92 Å². The first-order valence-corrected chi connectivity index (χ1v) is 9.42. The summed E-state index contributed by atoms with van der Waals surface area (Å²) in [6.45, 7) is 1.53. The third-order valence-electron chi connectivity index (χ3n) is 4.54. The number of rotatable bonds is 10. The number of anilines is 1. The Morgan fingerprint density at radius 1 is 1.00 bits per heavy atom. The highest BCUT2D eigenvalue weighted by atomic mass is 16.2. The zero-order chi connectivity index (χ0) is 17.7. The number of amides is 2. The highest BCUT2D eigenvalue weighted by Crippen LogP contribution is 2.25. The molecule has 1 heterocycles. The summed E-state index contributed by atoms with van der Waals surface area (Å²) < 4.78 is 0. The number of carbonyl (C=O) groups is 2. The summed E-state index contributed by atoms with van der Waals surface area (Å²) in [4.78, 5) is 27.8. The van der Waals surface area contributed by atoms with Crippen LogP contribution < -0.4 is 16.0 Å². The summed E-state index contributed by atoms with van der Waals surface area (Å²) in [5.74, 6) is 1.26. The van der Waals surface area contributed by atoms with Crippen LogP contribution in [0.3, 0.4) is 0 Å². The van der Waals surface area contributed by atoms with Crippen LogP contribution in [-0.2, 0) is 9.59 Å². The fourth-order valence-corrected chi connectivity index (χ4v) is 3.13. The summed E-state index contributed by atoms with van der Waals surface area (Å²) >= 11 is 0. The zero-order valence-corrected chi connectivity index (χ0v) is 14.9. The normalized spacial score (nSPS) is 14.7. The summed E-state index contributed by atoms with van der Waals surface area (Å²) in [6.07, 6.45) is 10.2. The summed E-state index contributed by atoms with van der Waals surface area (Å²) in [5, 5.41) is 8.81. The smallest absolute Gasteiger partial charge is 0.239 e. The van der Waals surface area contributed by atoms with Crippen molar-refractivity contribution >= 4 is 17.6 Å². The van der Waals surface area contributed by atoms with Crippen molar-refractivity contribution in [2.45, 2.75) is 51.4 Å². The van der Waals surface area contributed by atoms with E-state index in [4.69, 9.17) is 0 Å². The van der Waals surface area contributed by atoms with E-state index in [1.807, 2.05) is 18.2 Å². The first-order valence-electron chi connectivity index (χ1n) is 9.42. The molecule has 1 aromatic heterocycles. The molecule has 1 saturated carbocycles. The Balaban J connectivity index is 1.44. The predicted molar refractivity (Wildman–Crippen MR) is 99.2 cm³/mol. The average Bonchev–Trinajstić information content (AvgIpc) is 2.64. The van der Waals surface area contributed by atoms with Crippen LogP contribution in [-0.4, -0.2) is 36.4 Å². The molecule has 138 valence electrons. The number of hydrogen-bond donors (Lipinski definition) is 3. The Morgan fingerprint density at radius 3 is 2.56 bits per heavy atom. The standard InChI is InChI=1S/C19H30N4O2/c24-18(14-16-8-2-1-3-9-16)23-15-19(25)22-13-7-6-12-21-17-10-4-5-11-20-17/h4-5,10-11,16H,1-3,6-9,12-15H2,(H,20,21)(H,22,25)(H,23,24). The maximum atomic E-state index is 11.9. The molecule has 0 atom stereocenters. The zero-order valence-electron chi connectivity index (χ0n) is 14.9. The van der Waals surface area contributed by atoms with Gasteiger partial charge in [0.2, 0.25) is 11.8 Å². The molecule has 1 aliphatic rings. The monoisotopic (exact) mass is 346 g/mol. The first kappa shape index (κ1) is 19.2. The first-order chi connectivity index (χ1) is 12.2. The van der Waals surface area contributed by atoms with Crippen molar-refractivity contribution in [3.8, 4) is 0 Å². The van der Waals surface area contributed by atoms with E-state index in [0.717, 1.165) is 38.0 Å². The summed E-state index contributed by atoms with van der Waals surface area (Å²) in [7, 11) is 0. The molecule has 6 nitrogen and oxygen atoms in total. The molecule has 1 fully saturated rings. The van der Waals surface area contributed by atoms with Crippen LogP contribution in [0.1, 0.15) is 51.4 Å². The van der Waals surface area contributed by atoms with Crippen LogP contribution in [0.15, 0.2) is 24.4 Å². The molecule has 3 N–H and O–H groups in total. The molecule has 1 aromatic rings. The van der Waals surface area contributed by atoms with Crippen molar-refractivity contribution in [1.82, 2.24) is 15.6 Å². The molecule has 0 saturated heterocycles. The molecule has 0 spiro atoms. The highest BCUT2D eigenvalue weighted by Gasteiger charge is 2.17. The van der Waals surface area contributed by atoms with E-state index in [0.29, 0.717) is 18.9 Å². The Labute approximate surface area is 150 Å². The van der Waals surface area contributed by atoms with Gasteiger partial charge in [-0.3, -0.25) is 9.59 Å². The summed E-state index contributed by atoms with van der Waals surface area (Å²) in [5.41, 5.74) is 0. The number of pyridine rings is 1. The lowest BCUT2D eigenvalue weighted by Crippen LogP contribution is -2.38. The van der Waals surface area contributed by atoms with Gasteiger partial charge in [0.15, 0.2) is 0 Å². The number of nitrogens with one attached hydrogen (secondary N) is 3. The number of carbonyl (C=O) groups excluding carboxylic acids is 2. The van der Waals surface area contributed by atoms with Gasteiger partial charge in [-0.05, 0) is 43.7 Å². The van der Waals surface area contributed by atoms with E-state index in [9.17, 15) is 9.59 Å². The molecule has 2 rings (SSSR count). The second-order valence-electron chi connectivity index (χ2n) is 6.68. The minimum atomic E-state index is -0.116. The topological polar surface area (TPSA) is 83.1 Å². The van der Waals surface area contributed by atoms with Gasteiger partial charge in [-0.15, -0.1) is 0 Å². The molecule has 0 aromatic carbocycles. The van der Waals surface area contributed by atoms with Crippen molar-refractivity contribution in [2.24, 2.45) is 5.92 Å². The van der Waals surface area contributed by atoms with Crippen molar-refractivity contribution in [1.29, 1.82) is 0 Å². The van der Waals surface area contributed by atoms with E-state index in [-0.39, 0.29) is 18.4 Å². The quantitative estimate of drug-likeness (QED) is 0.568. The average molecular weight is 346 g/mol. The number of unbranched alkanes of at least 4 members (excludes halogenated alkanes) is 1. The molecule has 25 heavy (non-hydrogen) atoms. The third kappa shape index (κ3) is 8.52. The van der Waals surface area contributed by atoms with Crippen LogP contribution in [0.25, 0.3) is 0 Å². The molecule has 0 radical (unpaired) electrons. The van der Waals surface area contributed by atoms with Crippen molar-refractivity contribution in [3.63, 3.8) is 0 Å². The van der Waals surface area contributed by atoms with E-state index in [2.05, 4.69) is 20.9 Å². The van der Waals surface area contributed by atoms with Crippen LogP contribution in [0.4, 0.5) is 5.82 Å². The minimum Gasteiger partial charge on any atom is -0.370 e. The van der Waals surface area contributed by atoms with Crippen molar-refractivity contribution in [2.75, 3.05) is 25.0 Å².